The molecule has 0 amide bonds. The molecule has 0 aliphatic rings. The number of hydrogen-bond acceptors (Lipinski definition) is 2. The monoisotopic (exact) mass is 403 g/mol. The van der Waals surface area contributed by atoms with E-state index in [1.807, 2.05) is 30.6 Å². The number of H-pyrrole nitrogens is 1. The number of rotatable bonds is 5. The molecule has 0 aliphatic heterocycles. The van der Waals surface area contributed by atoms with Gasteiger partial charge in [0.2, 0.25) is 0 Å². The van der Waals surface area contributed by atoms with Crippen LogP contribution in [0.5, 0.6) is 0 Å². The lowest BCUT2D eigenvalue weighted by Crippen LogP contribution is -2.13. The van der Waals surface area contributed by atoms with E-state index in [2.05, 4.69) is 39.6 Å². The normalized spacial score (nSPS) is 10.3. The number of benzene rings is 2. The van der Waals surface area contributed by atoms with Gasteiger partial charge >= 0.3 is 0 Å². The Hall–Kier alpha value is -2.40. The van der Waals surface area contributed by atoms with Crippen LogP contribution < -0.4 is 5.32 Å². The average Bonchev–Trinajstić information content (AvgIpc) is 3.13. The van der Waals surface area contributed by atoms with Crippen molar-refractivity contribution in [1.82, 2.24) is 15.3 Å². The molecular weight excluding hydrogens is 384 g/mol. The number of halogens is 3. The van der Waals surface area contributed by atoms with Gasteiger partial charge in [-0.2, -0.15) is 0 Å². The SMILES string of the molecule is Cl.Cl.Fc1ccccc1CNCc1ccc(-c2ccnc3[nH]ccc23)cc1. The Labute approximate surface area is 169 Å². The van der Waals surface area contributed by atoms with E-state index in [1.165, 1.54) is 11.6 Å². The first-order valence-corrected chi connectivity index (χ1v) is 8.27. The van der Waals surface area contributed by atoms with Crippen LogP contribution in [0.1, 0.15) is 11.1 Å². The molecule has 140 valence electrons. The first-order chi connectivity index (χ1) is 12.3. The molecule has 27 heavy (non-hydrogen) atoms. The van der Waals surface area contributed by atoms with E-state index in [0.717, 1.165) is 22.2 Å². The zero-order valence-electron chi connectivity index (χ0n) is 14.5. The summed E-state index contributed by atoms with van der Waals surface area (Å²) in [6, 6.07) is 19.3. The number of hydrogen-bond donors (Lipinski definition) is 2. The van der Waals surface area contributed by atoms with Crippen molar-refractivity contribution in [2.24, 2.45) is 0 Å². The van der Waals surface area contributed by atoms with Crippen molar-refractivity contribution < 1.29 is 4.39 Å². The van der Waals surface area contributed by atoms with Crippen molar-refractivity contribution >= 4 is 35.8 Å². The van der Waals surface area contributed by atoms with Gasteiger partial charge in [-0.15, -0.1) is 24.8 Å². The van der Waals surface area contributed by atoms with E-state index < -0.39 is 0 Å². The molecule has 4 aromatic rings. The zero-order chi connectivity index (χ0) is 17.1. The van der Waals surface area contributed by atoms with Crippen LogP contribution in [0, 0.1) is 5.82 Å². The Balaban J connectivity index is 0.00000131. The number of aromatic nitrogens is 2. The van der Waals surface area contributed by atoms with Crippen molar-refractivity contribution in [2.75, 3.05) is 0 Å². The molecule has 4 rings (SSSR count). The second kappa shape index (κ2) is 9.51. The third-order valence-electron chi connectivity index (χ3n) is 4.33. The van der Waals surface area contributed by atoms with Gasteiger partial charge in [0.1, 0.15) is 11.5 Å². The molecule has 2 aromatic heterocycles. The molecule has 0 saturated carbocycles. The fourth-order valence-corrected chi connectivity index (χ4v) is 3.00. The van der Waals surface area contributed by atoms with Crippen molar-refractivity contribution in [3.8, 4) is 11.1 Å². The van der Waals surface area contributed by atoms with Gasteiger partial charge in [-0.25, -0.2) is 9.37 Å². The summed E-state index contributed by atoms with van der Waals surface area (Å²) in [7, 11) is 0. The van der Waals surface area contributed by atoms with Gasteiger partial charge in [0.05, 0.1) is 0 Å². The van der Waals surface area contributed by atoms with E-state index in [9.17, 15) is 4.39 Å². The van der Waals surface area contributed by atoms with Gasteiger partial charge in [-0.05, 0) is 34.9 Å². The molecule has 2 heterocycles. The number of nitrogens with one attached hydrogen (secondary N) is 2. The molecule has 6 heteroatoms. The smallest absolute Gasteiger partial charge is 0.137 e. The molecule has 0 bridgehead atoms. The van der Waals surface area contributed by atoms with Crippen LogP contribution in [0.2, 0.25) is 0 Å². The standard InChI is InChI=1S/C21H18FN3.2ClH/c22-20-4-2-1-3-17(20)14-23-13-15-5-7-16(8-6-15)18-9-11-24-21-19(18)10-12-25-21;;/h1-12,23H,13-14H2,(H,24,25);2*1H. The van der Waals surface area contributed by atoms with Crippen molar-refractivity contribution in [3.05, 3.63) is 90.0 Å². The molecule has 0 saturated heterocycles. The van der Waals surface area contributed by atoms with Gasteiger partial charge < -0.3 is 10.3 Å². The van der Waals surface area contributed by atoms with Crippen molar-refractivity contribution in [2.45, 2.75) is 13.1 Å². The van der Waals surface area contributed by atoms with Gasteiger partial charge in [0.25, 0.3) is 0 Å². The molecule has 0 fully saturated rings. The minimum atomic E-state index is -0.168. The maximum Gasteiger partial charge on any atom is 0.137 e. The third-order valence-corrected chi connectivity index (χ3v) is 4.33. The highest BCUT2D eigenvalue weighted by Crippen LogP contribution is 2.27. The predicted octanol–water partition coefficient (Wildman–Crippen LogP) is 5.50. The van der Waals surface area contributed by atoms with Gasteiger partial charge in [-0.1, -0.05) is 42.5 Å². The Bertz CT molecular complexity index is 1000. The Kier molecular flexibility index (Phi) is 7.36. The fourth-order valence-electron chi connectivity index (χ4n) is 3.00. The number of fused-ring (bicyclic) bond motifs is 1. The van der Waals surface area contributed by atoms with Gasteiger partial charge in [0, 0.05) is 36.4 Å². The lowest BCUT2D eigenvalue weighted by Gasteiger charge is -2.08. The highest BCUT2D eigenvalue weighted by atomic mass is 35.5. The maximum atomic E-state index is 13.6. The topological polar surface area (TPSA) is 40.7 Å². The lowest BCUT2D eigenvalue weighted by molar-refractivity contribution is 0.588. The van der Waals surface area contributed by atoms with Crippen molar-refractivity contribution in [3.63, 3.8) is 0 Å². The number of nitrogens with zero attached hydrogens (tertiary/aromatic N) is 1. The third kappa shape index (κ3) is 4.66. The number of aromatic amines is 1. The lowest BCUT2D eigenvalue weighted by atomic mass is 10.0. The molecule has 2 N–H and O–H groups in total. The minimum absolute atomic E-state index is 0. The summed E-state index contributed by atoms with van der Waals surface area (Å²) >= 11 is 0. The maximum absolute atomic E-state index is 13.6. The van der Waals surface area contributed by atoms with E-state index >= 15 is 0 Å². The summed E-state index contributed by atoms with van der Waals surface area (Å²) in [5.74, 6) is -0.168. The molecule has 0 radical (unpaired) electrons. The van der Waals surface area contributed by atoms with Crippen LogP contribution in [0.15, 0.2) is 73.1 Å². The summed E-state index contributed by atoms with van der Waals surface area (Å²) in [5.41, 5.74) is 5.07. The Morgan fingerprint density at radius 3 is 2.44 bits per heavy atom. The van der Waals surface area contributed by atoms with Crippen LogP contribution >= 0.6 is 24.8 Å². The van der Waals surface area contributed by atoms with Crippen LogP contribution in [-0.4, -0.2) is 9.97 Å². The number of pyridine rings is 1. The Morgan fingerprint density at radius 2 is 1.67 bits per heavy atom. The molecule has 2 aromatic carbocycles. The van der Waals surface area contributed by atoms with Gasteiger partial charge in [-0.3, -0.25) is 0 Å². The average molecular weight is 404 g/mol. The molecule has 0 aliphatic carbocycles. The van der Waals surface area contributed by atoms with Crippen molar-refractivity contribution in [1.29, 1.82) is 0 Å². The quantitative estimate of drug-likeness (QED) is 0.461. The highest BCUT2D eigenvalue weighted by molar-refractivity contribution is 5.92. The summed E-state index contributed by atoms with van der Waals surface area (Å²) in [4.78, 5) is 7.46. The van der Waals surface area contributed by atoms with Crippen LogP contribution in [-0.2, 0) is 13.1 Å². The summed E-state index contributed by atoms with van der Waals surface area (Å²) < 4.78 is 13.6. The zero-order valence-corrected chi connectivity index (χ0v) is 16.1. The molecule has 3 nitrogen and oxygen atoms in total. The molecule has 0 spiro atoms. The fraction of sp³-hybridized carbons (Fsp3) is 0.0952. The summed E-state index contributed by atoms with van der Waals surface area (Å²) in [6.45, 7) is 1.22. The molecule has 0 atom stereocenters. The van der Waals surface area contributed by atoms with E-state index in [0.29, 0.717) is 18.7 Å². The van der Waals surface area contributed by atoms with E-state index in [-0.39, 0.29) is 30.6 Å². The second-order valence-corrected chi connectivity index (χ2v) is 5.99. The second-order valence-electron chi connectivity index (χ2n) is 5.99. The largest absolute Gasteiger partial charge is 0.346 e. The summed E-state index contributed by atoms with van der Waals surface area (Å²) in [5, 5.41) is 4.41. The highest BCUT2D eigenvalue weighted by Gasteiger charge is 2.05. The van der Waals surface area contributed by atoms with Crippen LogP contribution in [0.25, 0.3) is 22.2 Å². The van der Waals surface area contributed by atoms with E-state index in [4.69, 9.17) is 0 Å². The van der Waals surface area contributed by atoms with Crippen LogP contribution in [0.3, 0.4) is 0 Å². The van der Waals surface area contributed by atoms with Gasteiger partial charge in [0.15, 0.2) is 0 Å². The van der Waals surface area contributed by atoms with Crippen LogP contribution in [0.4, 0.5) is 4.39 Å². The predicted molar refractivity (Wildman–Crippen MR) is 113 cm³/mol. The Morgan fingerprint density at radius 1 is 0.889 bits per heavy atom. The summed E-state index contributed by atoms with van der Waals surface area (Å²) in [6.07, 6.45) is 3.72. The van der Waals surface area contributed by atoms with E-state index in [1.54, 1.807) is 12.1 Å². The first-order valence-electron chi connectivity index (χ1n) is 8.27. The molecular formula is C21H20Cl2FN3. The molecule has 0 unspecified atom stereocenters. The minimum Gasteiger partial charge on any atom is -0.346 e. The first kappa shape index (κ1) is 20.9.